The van der Waals surface area contributed by atoms with Gasteiger partial charge in [-0.2, -0.15) is 5.10 Å². The number of hydrogen-bond donors (Lipinski definition) is 2. The molecule has 0 saturated heterocycles. The van der Waals surface area contributed by atoms with Crippen LogP contribution in [0, 0.1) is 18.3 Å². The van der Waals surface area contributed by atoms with Crippen LogP contribution in [-0.4, -0.2) is 10.2 Å². The number of rotatable bonds is 3. The largest absolute Gasteiger partial charge is 0.382 e. The van der Waals surface area contributed by atoms with E-state index in [1.165, 1.54) is 18.5 Å². The van der Waals surface area contributed by atoms with E-state index in [2.05, 4.69) is 24.0 Å². The predicted octanol–water partition coefficient (Wildman–Crippen LogP) is 2.28. The van der Waals surface area contributed by atoms with Gasteiger partial charge in [0.2, 0.25) is 0 Å². The predicted molar refractivity (Wildman–Crippen MR) is 57.9 cm³/mol. The second kappa shape index (κ2) is 3.01. The van der Waals surface area contributed by atoms with E-state index < -0.39 is 0 Å². The average molecular weight is 193 g/mol. The number of H-pyrrole nitrogens is 1. The van der Waals surface area contributed by atoms with E-state index in [4.69, 9.17) is 5.73 Å². The van der Waals surface area contributed by atoms with Gasteiger partial charge in [0.15, 0.2) is 0 Å². The van der Waals surface area contributed by atoms with Crippen LogP contribution in [0.1, 0.15) is 37.9 Å². The van der Waals surface area contributed by atoms with E-state index in [1.807, 2.05) is 6.92 Å². The summed E-state index contributed by atoms with van der Waals surface area (Å²) in [7, 11) is 0. The molecule has 0 unspecified atom stereocenters. The summed E-state index contributed by atoms with van der Waals surface area (Å²) in [5.41, 5.74) is 8.43. The molecular weight excluding hydrogens is 174 g/mol. The molecule has 1 heterocycles. The summed E-state index contributed by atoms with van der Waals surface area (Å²) < 4.78 is 0. The third kappa shape index (κ3) is 1.63. The van der Waals surface area contributed by atoms with Crippen molar-refractivity contribution < 1.29 is 0 Å². The van der Waals surface area contributed by atoms with Gasteiger partial charge in [-0.3, -0.25) is 5.10 Å². The van der Waals surface area contributed by atoms with Gasteiger partial charge in [-0.1, -0.05) is 13.8 Å². The lowest BCUT2D eigenvalue weighted by Crippen LogP contribution is -2.18. The normalized spacial score (nSPS) is 17.4. The van der Waals surface area contributed by atoms with Crippen molar-refractivity contribution in [1.82, 2.24) is 10.2 Å². The molecule has 1 aromatic rings. The van der Waals surface area contributed by atoms with Crippen LogP contribution in [0.2, 0.25) is 0 Å². The van der Waals surface area contributed by atoms with Gasteiger partial charge in [0, 0.05) is 11.3 Å². The zero-order valence-corrected chi connectivity index (χ0v) is 9.22. The minimum atomic E-state index is 0.393. The molecule has 0 radical (unpaired) electrons. The molecule has 3 heteroatoms. The first kappa shape index (κ1) is 9.56. The Hall–Kier alpha value is -0.990. The summed E-state index contributed by atoms with van der Waals surface area (Å²) in [6.07, 6.45) is 3.83. The van der Waals surface area contributed by atoms with E-state index in [-0.39, 0.29) is 0 Å². The van der Waals surface area contributed by atoms with Crippen LogP contribution in [0.25, 0.3) is 0 Å². The number of nitrogens with two attached hydrogens (primary N) is 1. The van der Waals surface area contributed by atoms with Crippen molar-refractivity contribution in [2.45, 2.75) is 40.0 Å². The Morgan fingerprint density at radius 3 is 2.57 bits per heavy atom. The highest BCUT2D eigenvalue weighted by Crippen LogP contribution is 2.47. The molecular formula is C11H19N3. The number of nitrogen functional groups attached to an aromatic ring is 1. The summed E-state index contributed by atoms with van der Waals surface area (Å²) in [6, 6.07) is 0. The molecule has 3 nitrogen and oxygen atoms in total. The van der Waals surface area contributed by atoms with Gasteiger partial charge < -0.3 is 5.73 Å². The van der Waals surface area contributed by atoms with Crippen LogP contribution in [0.3, 0.4) is 0 Å². The molecule has 0 bridgehead atoms. The van der Waals surface area contributed by atoms with Crippen molar-refractivity contribution >= 4 is 5.82 Å². The van der Waals surface area contributed by atoms with Crippen LogP contribution < -0.4 is 5.73 Å². The van der Waals surface area contributed by atoms with Crippen LogP contribution in [0.4, 0.5) is 5.82 Å². The molecule has 78 valence electrons. The van der Waals surface area contributed by atoms with Gasteiger partial charge in [-0.15, -0.1) is 0 Å². The monoisotopic (exact) mass is 193 g/mol. The van der Waals surface area contributed by atoms with E-state index in [9.17, 15) is 0 Å². The van der Waals surface area contributed by atoms with Crippen LogP contribution in [0.15, 0.2) is 0 Å². The summed E-state index contributed by atoms with van der Waals surface area (Å²) in [4.78, 5) is 0. The first-order chi connectivity index (χ1) is 6.50. The Kier molecular flexibility index (Phi) is 2.05. The quantitative estimate of drug-likeness (QED) is 0.773. The summed E-state index contributed by atoms with van der Waals surface area (Å²) in [5.74, 6) is 1.54. The van der Waals surface area contributed by atoms with Crippen molar-refractivity contribution in [2.24, 2.45) is 11.3 Å². The number of nitrogens with zero attached hydrogens (tertiary/aromatic N) is 1. The molecule has 1 fully saturated rings. The minimum Gasteiger partial charge on any atom is -0.382 e. The third-order valence-electron chi connectivity index (χ3n) is 3.46. The molecule has 1 saturated carbocycles. The van der Waals surface area contributed by atoms with Gasteiger partial charge in [-0.25, -0.2) is 0 Å². The zero-order chi connectivity index (χ0) is 10.3. The molecule has 0 aliphatic heterocycles. The molecule has 0 amide bonds. The Morgan fingerprint density at radius 2 is 2.14 bits per heavy atom. The Morgan fingerprint density at radius 1 is 1.50 bits per heavy atom. The number of hydrogen-bond acceptors (Lipinski definition) is 2. The summed E-state index contributed by atoms with van der Waals surface area (Å²) in [6.45, 7) is 6.71. The number of aromatic amines is 1. The lowest BCUT2D eigenvalue weighted by molar-refractivity contribution is 0.303. The van der Waals surface area contributed by atoms with Gasteiger partial charge in [-0.05, 0) is 37.5 Å². The first-order valence-electron chi connectivity index (χ1n) is 5.30. The maximum atomic E-state index is 5.71. The number of nitrogens with one attached hydrogen (secondary N) is 1. The molecule has 1 aliphatic carbocycles. The molecule has 14 heavy (non-hydrogen) atoms. The summed E-state index contributed by atoms with van der Waals surface area (Å²) in [5, 5.41) is 7.07. The molecule has 3 N–H and O–H groups in total. The highest BCUT2D eigenvalue weighted by atomic mass is 15.2. The van der Waals surface area contributed by atoms with Crippen molar-refractivity contribution in [3.05, 3.63) is 11.3 Å². The van der Waals surface area contributed by atoms with Gasteiger partial charge in [0.05, 0.1) is 0 Å². The van der Waals surface area contributed by atoms with E-state index in [0.717, 1.165) is 17.9 Å². The van der Waals surface area contributed by atoms with Gasteiger partial charge in [0.25, 0.3) is 0 Å². The fourth-order valence-corrected chi connectivity index (χ4v) is 2.09. The van der Waals surface area contributed by atoms with E-state index in [1.54, 1.807) is 0 Å². The number of aromatic nitrogens is 2. The average Bonchev–Trinajstić information content (AvgIpc) is 2.89. The Bertz CT molecular complexity index is 334. The Balaban J connectivity index is 2.13. The van der Waals surface area contributed by atoms with E-state index in [0.29, 0.717) is 11.2 Å². The van der Waals surface area contributed by atoms with Crippen LogP contribution >= 0.6 is 0 Å². The smallest absolute Gasteiger partial charge is 0.148 e. The second-order valence-electron chi connectivity index (χ2n) is 5.15. The van der Waals surface area contributed by atoms with Crippen molar-refractivity contribution in [3.8, 4) is 0 Å². The van der Waals surface area contributed by atoms with Crippen molar-refractivity contribution in [3.63, 3.8) is 0 Å². The lowest BCUT2D eigenvalue weighted by Gasteiger charge is -2.23. The number of anilines is 1. The summed E-state index contributed by atoms with van der Waals surface area (Å²) >= 11 is 0. The van der Waals surface area contributed by atoms with Crippen molar-refractivity contribution in [2.75, 3.05) is 5.73 Å². The highest BCUT2D eigenvalue weighted by molar-refractivity contribution is 5.40. The van der Waals surface area contributed by atoms with Crippen molar-refractivity contribution in [1.29, 1.82) is 0 Å². The molecule has 1 aromatic heterocycles. The maximum Gasteiger partial charge on any atom is 0.148 e. The first-order valence-corrected chi connectivity index (χ1v) is 5.30. The fourth-order valence-electron chi connectivity index (χ4n) is 2.09. The highest BCUT2D eigenvalue weighted by Gasteiger charge is 2.38. The third-order valence-corrected chi connectivity index (χ3v) is 3.46. The van der Waals surface area contributed by atoms with Gasteiger partial charge >= 0.3 is 0 Å². The SMILES string of the molecule is Cc1c(N)n[nH]c1CC(C)(C)C1CC1. The second-order valence-corrected chi connectivity index (χ2v) is 5.15. The van der Waals surface area contributed by atoms with Crippen LogP contribution in [-0.2, 0) is 6.42 Å². The molecule has 1 aliphatic rings. The minimum absolute atomic E-state index is 0.393. The molecule has 2 rings (SSSR count). The zero-order valence-electron chi connectivity index (χ0n) is 9.22. The molecule has 0 aromatic carbocycles. The maximum absolute atomic E-state index is 5.71. The fraction of sp³-hybridized carbons (Fsp3) is 0.727. The Labute approximate surface area is 85.1 Å². The molecule has 0 spiro atoms. The van der Waals surface area contributed by atoms with Crippen LogP contribution in [0.5, 0.6) is 0 Å². The van der Waals surface area contributed by atoms with E-state index >= 15 is 0 Å². The van der Waals surface area contributed by atoms with Gasteiger partial charge in [0.1, 0.15) is 5.82 Å². The molecule has 0 atom stereocenters. The lowest BCUT2D eigenvalue weighted by atomic mass is 9.82. The standard InChI is InChI=1S/C11H19N3/c1-7-9(13-14-10(7)12)6-11(2,3)8-4-5-8/h8H,4-6H2,1-3H3,(H3,12,13,14). The topological polar surface area (TPSA) is 54.7 Å².